The van der Waals surface area contributed by atoms with E-state index in [1.807, 2.05) is 30.3 Å². The third-order valence-electron chi connectivity index (χ3n) is 2.81. The van der Waals surface area contributed by atoms with Gasteiger partial charge in [0.15, 0.2) is 0 Å². The molecule has 0 atom stereocenters. The van der Waals surface area contributed by atoms with Gasteiger partial charge in [-0.05, 0) is 30.3 Å². The van der Waals surface area contributed by atoms with E-state index in [-0.39, 0.29) is 0 Å². The Bertz CT molecular complexity index is 710. The van der Waals surface area contributed by atoms with Crippen molar-refractivity contribution in [1.82, 2.24) is 65.3 Å². The highest BCUT2D eigenvalue weighted by Crippen LogP contribution is 1.74. The molecule has 6 heterocycles. The zero-order valence-electron chi connectivity index (χ0n) is 19.1. The van der Waals surface area contributed by atoms with E-state index in [0.29, 0.717) is 0 Å². The molecule has 0 N–H and O–H groups in total. The van der Waals surface area contributed by atoms with Crippen molar-refractivity contribution in [2.75, 3.05) is 0 Å². The van der Waals surface area contributed by atoms with Gasteiger partial charge in [-0.25, -0.2) is 29.9 Å². The first-order chi connectivity index (χ1) is 18.0. The van der Waals surface area contributed by atoms with Crippen molar-refractivity contribution >= 4 is 0 Å². The van der Waals surface area contributed by atoms with Crippen LogP contribution in [0.3, 0.4) is 0 Å². The summed E-state index contributed by atoms with van der Waals surface area (Å²) in [6.45, 7) is 0. The van der Waals surface area contributed by atoms with Crippen LogP contribution in [0.2, 0.25) is 0 Å². The lowest BCUT2D eigenvalue weighted by Crippen LogP contribution is -1.75. The first-order valence-corrected chi connectivity index (χ1v) is 10.1. The standard InChI is InChI=1S/C5H5N.3C4H4N2.2C3H3N3/c1-2-4-6-5-3-1;1-2-6-4-3-5-1;1-2-5-4-6-3-1;1-2-4-6-5-3-1;1-4-2-6-3-5-1;1-2-5-6-3-4-1/h1-5H;3*1-4H;2*1-3H. The molecule has 0 radical (unpaired) electrons. The molecule has 13 nitrogen and oxygen atoms in total. The molecule has 0 fully saturated rings. The van der Waals surface area contributed by atoms with Crippen LogP contribution in [0.1, 0.15) is 0 Å². The van der Waals surface area contributed by atoms with Crippen LogP contribution in [0.5, 0.6) is 0 Å². The van der Waals surface area contributed by atoms with Crippen LogP contribution in [-0.2, 0) is 0 Å². The fourth-order valence-electron chi connectivity index (χ4n) is 1.48. The number of pyridine rings is 1. The van der Waals surface area contributed by atoms with Crippen molar-refractivity contribution in [3.8, 4) is 0 Å². The summed E-state index contributed by atoms with van der Waals surface area (Å²) in [7, 11) is 0. The summed E-state index contributed by atoms with van der Waals surface area (Å²) >= 11 is 0. The molecule has 6 aromatic heterocycles. The van der Waals surface area contributed by atoms with Gasteiger partial charge in [-0.2, -0.15) is 15.3 Å². The predicted octanol–water partition coefficient (Wildman–Crippen LogP) is 2.25. The van der Waals surface area contributed by atoms with Gasteiger partial charge in [-0.1, -0.05) is 6.07 Å². The lowest BCUT2D eigenvalue weighted by Gasteiger charge is -1.70. The lowest BCUT2D eigenvalue weighted by molar-refractivity contribution is 0.969. The Balaban J connectivity index is 0.000000216. The highest BCUT2D eigenvalue weighted by Gasteiger charge is 1.62. The molecule has 36 heavy (non-hydrogen) atoms. The number of rotatable bonds is 0. The monoisotopic (exact) mass is 481 g/mol. The Kier molecular flexibility index (Phi) is 20.3. The molecule has 0 unspecified atom stereocenters. The number of hydrogen-bond donors (Lipinski definition) is 0. The molecule has 13 heteroatoms. The molecule has 6 rings (SSSR count). The fourth-order valence-corrected chi connectivity index (χ4v) is 1.48. The molecule has 6 aromatic rings. The van der Waals surface area contributed by atoms with Crippen LogP contribution < -0.4 is 0 Å². The van der Waals surface area contributed by atoms with Crippen LogP contribution in [0, 0.1) is 0 Å². The fraction of sp³-hybridized carbons (Fsp3) is 0. The summed E-state index contributed by atoms with van der Waals surface area (Å²) in [5.41, 5.74) is 0. The summed E-state index contributed by atoms with van der Waals surface area (Å²) < 4.78 is 0. The second-order valence-corrected chi connectivity index (χ2v) is 5.32. The maximum Gasteiger partial charge on any atom is 0.138 e. The summed E-state index contributed by atoms with van der Waals surface area (Å²) in [4.78, 5) is 32.9. The average molecular weight is 482 g/mol. The smallest absolute Gasteiger partial charge is 0.138 e. The highest BCUT2D eigenvalue weighted by molar-refractivity contribution is 4.88. The number of nitrogens with zero attached hydrogens (tertiary/aromatic N) is 13. The van der Waals surface area contributed by atoms with Gasteiger partial charge >= 0.3 is 0 Å². The zero-order valence-corrected chi connectivity index (χ0v) is 19.1. The van der Waals surface area contributed by atoms with Gasteiger partial charge in [-0.3, -0.25) is 15.0 Å². The van der Waals surface area contributed by atoms with E-state index in [0.717, 1.165) is 0 Å². The van der Waals surface area contributed by atoms with Crippen molar-refractivity contribution in [2.24, 2.45) is 0 Å². The molecule has 0 aliphatic heterocycles. The van der Waals surface area contributed by atoms with Gasteiger partial charge in [0.2, 0.25) is 0 Å². The molecule has 0 aliphatic carbocycles. The third-order valence-corrected chi connectivity index (χ3v) is 2.81. The molecule has 0 amide bonds. The molecule has 0 aromatic carbocycles. The Morgan fingerprint density at radius 1 is 0.194 bits per heavy atom. The van der Waals surface area contributed by atoms with Gasteiger partial charge < -0.3 is 0 Å². The van der Waals surface area contributed by atoms with E-state index in [2.05, 4.69) is 65.3 Å². The maximum absolute atomic E-state index is 3.78. The lowest BCUT2D eigenvalue weighted by atomic mass is 10.5. The summed E-state index contributed by atoms with van der Waals surface area (Å²) in [5.74, 6) is 0. The second kappa shape index (κ2) is 25.7. The Labute approximate surface area is 208 Å². The van der Waals surface area contributed by atoms with Crippen molar-refractivity contribution < 1.29 is 0 Å². The summed E-state index contributed by atoms with van der Waals surface area (Å²) in [6, 6.07) is 11.1. The SMILES string of the molecule is c1ccncc1.c1ccnnc1.c1cnccn1.c1cncnc1.c1cnncn1.c1ncncn1. The molecule has 0 saturated heterocycles. The average Bonchev–Trinajstić information content (AvgIpc) is 3.04. The molecule has 0 spiro atoms. The molecule has 0 aliphatic rings. The molecule has 0 saturated carbocycles. The van der Waals surface area contributed by atoms with E-state index >= 15 is 0 Å². The van der Waals surface area contributed by atoms with Crippen LogP contribution in [0.4, 0.5) is 0 Å². The minimum absolute atomic E-state index is 1.39. The van der Waals surface area contributed by atoms with E-state index in [9.17, 15) is 0 Å². The third kappa shape index (κ3) is 23.1. The van der Waals surface area contributed by atoms with Gasteiger partial charge in [0.05, 0.1) is 6.20 Å². The minimum Gasteiger partial charge on any atom is -0.265 e. The highest BCUT2D eigenvalue weighted by atomic mass is 15.1. The van der Waals surface area contributed by atoms with Gasteiger partial charge in [0.1, 0.15) is 31.6 Å². The topological polar surface area (TPSA) is 168 Å². The summed E-state index contributed by atoms with van der Waals surface area (Å²) in [6.07, 6.45) is 27.0. The zero-order chi connectivity index (χ0) is 25.5. The minimum atomic E-state index is 1.39. The predicted molar refractivity (Wildman–Crippen MR) is 130 cm³/mol. The molecule has 180 valence electrons. The van der Waals surface area contributed by atoms with Gasteiger partial charge in [-0.15, -0.1) is 5.10 Å². The van der Waals surface area contributed by atoms with Gasteiger partial charge in [0, 0.05) is 68.2 Å². The molecule has 0 bridgehead atoms. The summed E-state index contributed by atoms with van der Waals surface area (Å²) in [5, 5.41) is 14.0. The van der Waals surface area contributed by atoms with Crippen molar-refractivity contribution in [3.63, 3.8) is 0 Å². The Morgan fingerprint density at radius 3 is 0.750 bits per heavy atom. The number of aromatic nitrogens is 13. The number of hydrogen-bond acceptors (Lipinski definition) is 13. The second-order valence-electron chi connectivity index (χ2n) is 5.32. The van der Waals surface area contributed by atoms with Crippen molar-refractivity contribution in [3.05, 3.63) is 142 Å². The van der Waals surface area contributed by atoms with Crippen LogP contribution in [0.25, 0.3) is 0 Å². The van der Waals surface area contributed by atoms with E-state index in [1.54, 1.807) is 74.2 Å². The first-order valence-electron chi connectivity index (χ1n) is 10.1. The van der Waals surface area contributed by atoms with E-state index < -0.39 is 0 Å². The van der Waals surface area contributed by atoms with E-state index in [1.165, 1.54) is 37.8 Å². The van der Waals surface area contributed by atoms with Gasteiger partial charge in [0.25, 0.3) is 0 Å². The Morgan fingerprint density at radius 2 is 0.583 bits per heavy atom. The van der Waals surface area contributed by atoms with Crippen LogP contribution >= 0.6 is 0 Å². The van der Waals surface area contributed by atoms with Crippen LogP contribution in [0.15, 0.2) is 142 Å². The van der Waals surface area contributed by atoms with Crippen LogP contribution in [-0.4, -0.2) is 65.3 Å². The molecular formula is C23H23N13. The van der Waals surface area contributed by atoms with Crippen molar-refractivity contribution in [1.29, 1.82) is 0 Å². The molecular weight excluding hydrogens is 458 g/mol. The maximum atomic E-state index is 3.78. The first kappa shape index (κ1) is 28.4. The van der Waals surface area contributed by atoms with Crippen molar-refractivity contribution in [2.45, 2.75) is 0 Å². The van der Waals surface area contributed by atoms with E-state index in [4.69, 9.17) is 0 Å². The quantitative estimate of drug-likeness (QED) is 0.310. The largest absolute Gasteiger partial charge is 0.265 e. The Hall–Kier alpha value is -5.59. The normalized spacial score (nSPS) is 8.00.